The van der Waals surface area contributed by atoms with Gasteiger partial charge in [0.1, 0.15) is 23.1 Å². The maximum atomic E-state index is 13.5. The summed E-state index contributed by atoms with van der Waals surface area (Å²) in [6.07, 6.45) is 1.50. The first-order valence-electron chi connectivity index (χ1n) is 11.0. The van der Waals surface area contributed by atoms with Gasteiger partial charge in [0.2, 0.25) is 0 Å². The topological polar surface area (TPSA) is 96.9 Å². The Hall–Kier alpha value is -2.91. The van der Waals surface area contributed by atoms with E-state index in [9.17, 15) is 23.5 Å². The second-order valence-corrected chi connectivity index (χ2v) is 9.27. The minimum atomic E-state index is -0.861. The zero-order chi connectivity index (χ0) is 24.3. The van der Waals surface area contributed by atoms with Crippen molar-refractivity contribution in [2.45, 2.75) is 49.3 Å². The van der Waals surface area contributed by atoms with E-state index in [4.69, 9.17) is 21.1 Å². The second-order valence-electron chi connectivity index (χ2n) is 8.86. The van der Waals surface area contributed by atoms with Crippen molar-refractivity contribution >= 4 is 23.4 Å². The number of carbonyl (C=O) groups is 2. The van der Waals surface area contributed by atoms with E-state index in [-0.39, 0.29) is 42.1 Å². The molecule has 7 nitrogen and oxygen atoms in total. The first-order valence-corrected chi connectivity index (χ1v) is 11.3. The van der Waals surface area contributed by atoms with Crippen molar-refractivity contribution in [3.05, 3.63) is 59.1 Å². The van der Waals surface area contributed by atoms with E-state index in [1.807, 2.05) is 0 Å². The van der Waals surface area contributed by atoms with Crippen LogP contribution in [0.2, 0.25) is 5.02 Å². The Balaban J connectivity index is 1.28. The normalized spacial score (nSPS) is 25.5. The molecule has 3 fully saturated rings. The lowest BCUT2D eigenvalue weighted by molar-refractivity contribution is -0.137. The van der Waals surface area contributed by atoms with Gasteiger partial charge in [-0.15, -0.1) is 0 Å². The Kier molecular flexibility index (Phi) is 6.95. The minimum Gasteiger partial charge on any atom is -0.484 e. The number of benzene rings is 2. The third-order valence-electron chi connectivity index (χ3n) is 6.54. The Bertz CT molecular complexity index is 1080. The molecule has 0 aromatic heterocycles. The van der Waals surface area contributed by atoms with Gasteiger partial charge in [0.05, 0.1) is 16.7 Å². The Morgan fingerprint density at radius 1 is 0.971 bits per heavy atom. The number of fused-ring (bicyclic) bond motifs is 3. The summed E-state index contributed by atoms with van der Waals surface area (Å²) in [6.45, 7) is -0.610. The molecule has 3 aliphatic rings. The van der Waals surface area contributed by atoms with Crippen molar-refractivity contribution in [1.82, 2.24) is 10.6 Å². The average Bonchev–Trinajstić information content (AvgIpc) is 2.80. The van der Waals surface area contributed by atoms with Gasteiger partial charge in [-0.25, -0.2) is 8.78 Å². The standard InChI is InChI=1S/C24H25ClF2N2O5/c25-18-5-4-17(11-19(18)27)34-13-21(31)28-23-6-8-24(9-7-23,20(30)12-23)29-22(32)14-33-16-3-1-2-15(26)10-16/h1-5,10-11,20,30H,6-9,12-14H2,(H,28,31)(H,29,32)/t20-,23?,24?/m1/s1. The number of hydrogen-bond donors (Lipinski definition) is 3. The largest absolute Gasteiger partial charge is 0.484 e. The van der Waals surface area contributed by atoms with Crippen LogP contribution in [0.3, 0.4) is 0 Å². The summed E-state index contributed by atoms with van der Waals surface area (Å²) in [5, 5.41) is 16.6. The van der Waals surface area contributed by atoms with Gasteiger partial charge >= 0.3 is 0 Å². The van der Waals surface area contributed by atoms with Gasteiger partial charge in [0.25, 0.3) is 11.8 Å². The van der Waals surface area contributed by atoms with Gasteiger partial charge in [0, 0.05) is 17.7 Å². The lowest BCUT2D eigenvalue weighted by Gasteiger charge is -2.56. The van der Waals surface area contributed by atoms with E-state index >= 15 is 0 Å². The van der Waals surface area contributed by atoms with Crippen LogP contribution in [0.25, 0.3) is 0 Å². The molecule has 182 valence electrons. The lowest BCUT2D eigenvalue weighted by atomic mass is 9.60. The molecule has 0 saturated heterocycles. The van der Waals surface area contributed by atoms with Crippen LogP contribution < -0.4 is 20.1 Å². The van der Waals surface area contributed by atoms with E-state index in [1.165, 1.54) is 30.3 Å². The highest BCUT2D eigenvalue weighted by Gasteiger charge is 2.55. The van der Waals surface area contributed by atoms with Crippen molar-refractivity contribution in [3.63, 3.8) is 0 Å². The van der Waals surface area contributed by atoms with Gasteiger partial charge in [-0.1, -0.05) is 17.7 Å². The van der Waals surface area contributed by atoms with Crippen LogP contribution >= 0.6 is 11.6 Å². The smallest absolute Gasteiger partial charge is 0.258 e. The molecule has 0 spiro atoms. The predicted molar refractivity (Wildman–Crippen MR) is 120 cm³/mol. The van der Waals surface area contributed by atoms with Crippen LogP contribution in [0.5, 0.6) is 11.5 Å². The summed E-state index contributed by atoms with van der Waals surface area (Å²) in [5.74, 6) is -1.47. The molecule has 0 unspecified atom stereocenters. The summed E-state index contributed by atoms with van der Waals surface area (Å²) in [6, 6.07) is 9.42. The van der Waals surface area contributed by atoms with E-state index < -0.39 is 34.7 Å². The maximum absolute atomic E-state index is 13.5. The Morgan fingerprint density at radius 2 is 1.62 bits per heavy atom. The van der Waals surface area contributed by atoms with Crippen LogP contribution in [0.4, 0.5) is 8.78 Å². The minimum absolute atomic E-state index is 0.0369. The molecule has 0 aliphatic heterocycles. The van der Waals surface area contributed by atoms with Gasteiger partial charge in [-0.05, 0) is 56.4 Å². The number of aliphatic hydroxyl groups excluding tert-OH is 1. The monoisotopic (exact) mass is 494 g/mol. The molecule has 5 rings (SSSR count). The molecule has 2 aromatic rings. The number of aliphatic hydroxyl groups is 1. The number of amides is 2. The number of halogens is 3. The molecule has 2 amide bonds. The molecular formula is C24H25ClF2N2O5. The second kappa shape index (κ2) is 9.76. The molecule has 0 radical (unpaired) electrons. The number of carbonyl (C=O) groups excluding carboxylic acids is 2. The van der Waals surface area contributed by atoms with Crippen molar-refractivity contribution in [2.24, 2.45) is 0 Å². The fraction of sp³-hybridized carbons (Fsp3) is 0.417. The SMILES string of the molecule is O=C(COc1ccc(Cl)c(F)c1)NC12CCC(NC(=O)COc3cccc(F)c3)(CC1)[C@H](O)C2. The highest BCUT2D eigenvalue weighted by molar-refractivity contribution is 6.30. The first-order chi connectivity index (χ1) is 16.2. The fourth-order valence-corrected chi connectivity index (χ4v) is 4.85. The molecule has 10 heteroatoms. The van der Waals surface area contributed by atoms with Gasteiger partial charge in [-0.3, -0.25) is 9.59 Å². The summed E-state index contributed by atoms with van der Waals surface area (Å²) >= 11 is 5.64. The molecular weight excluding hydrogens is 470 g/mol. The summed E-state index contributed by atoms with van der Waals surface area (Å²) < 4.78 is 37.5. The van der Waals surface area contributed by atoms with E-state index in [2.05, 4.69) is 10.6 Å². The highest BCUT2D eigenvalue weighted by Crippen LogP contribution is 2.47. The summed E-state index contributed by atoms with van der Waals surface area (Å²) in [5.41, 5.74) is -1.40. The summed E-state index contributed by atoms with van der Waals surface area (Å²) in [7, 11) is 0. The van der Waals surface area contributed by atoms with Crippen molar-refractivity contribution in [1.29, 1.82) is 0 Å². The predicted octanol–water partition coefficient (Wildman–Crippen LogP) is 3.12. The van der Waals surface area contributed by atoms with Gasteiger partial charge in [0.15, 0.2) is 13.2 Å². The number of ether oxygens (including phenoxy) is 2. The van der Waals surface area contributed by atoms with Crippen LogP contribution in [-0.4, -0.2) is 47.3 Å². The van der Waals surface area contributed by atoms with Crippen molar-refractivity contribution in [3.8, 4) is 11.5 Å². The fourth-order valence-electron chi connectivity index (χ4n) is 4.73. The summed E-state index contributed by atoms with van der Waals surface area (Å²) in [4.78, 5) is 24.9. The molecule has 3 aliphatic carbocycles. The van der Waals surface area contributed by atoms with Gasteiger partial charge < -0.3 is 25.2 Å². The van der Waals surface area contributed by atoms with Crippen LogP contribution in [0, 0.1) is 11.6 Å². The third kappa shape index (κ3) is 5.42. The molecule has 0 heterocycles. The van der Waals surface area contributed by atoms with Crippen LogP contribution in [0.15, 0.2) is 42.5 Å². The molecule has 1 atom stereocenters. The highest BCUT2D eigenvalue weighted by atomic mass is 35.5. The zero-order valence-corrected chi connectivity index (χ0v) is 19.0. The Labute approximate surface area is 200 Å². The number of hydrogen-bond acceptors (Lipinski definition) is 5. The Morgan fingerprint density at radius 3 is 2.24 bits per heavy atom. The molecule has 3 saturated carbocycles. The third-order valence-corrected chi connectivity index (χ3v) is 6.85. The molecule has 2 aromatic carbocycles. The first kappa shape index (κ1) is 24.2. The molecule has 2 bridgehead atoms. The number of nitrogens with one attached hydrogen (secondary N) is 2. The maximum Gasteiger partial charge on any atom is 0.258 e. The quantitative estimate of drug-likeness (QED) is 0.524. The van der Waals surface area contributed by atoms with Crippen LogP contribution in [-0.2, 0) is 9.59 Å². The van der Waals surface area contributed by atoms with E-state index in [0.717, 1.165) is 6.07 Å². The number of rotatable bonds is 8. The average molecular weight is 495 g/mol. The van der Waals surface area contributed by atoms with Crippen LogP contribution in [0.1, 0.15) is 32.1 Å². The zero-order valence-electron chi connectivity index (χ0n) is 18.3. The molecule has 34 heavy (non-hydrogen) atoms. The lowest BCUT2D eigenvalue weighted by Crippen LogP contribution is -2.70. The van der Waals surface area contributed by atoms with Crippen molar-refractivity contribution < 1.29 is 33.0 Å². The van der Waals surface area contributed by atoms with Gasteiger partial charge in [-0.2, -0.15) is 0 Å². The van der Waals surface area contributed by atoms with Crippen molar-refractivity contribution in [2.75, 3.05) is 13.2 Å². The van der Waals surface area contributed by atoms with E-state index in [0.29, 0.717) is 25.7 Å². The molecule has 3 N–H and O–H groups in total. The van der Waals surface area contributed by atoms with E-state index in [1.54, 1.807) is 6.07 Å².